The second-order valence-electron chi connectivity index (χ2n) is 9.44. The molecule has 1 amide bonds. The zero-order valence-corrected chi connectivity index (χ0v) is 21.3. The number of benzene rings is 4. The van der Waals surface area contributed by atoms with Gasteiger partial charge in [0.25, 0.3) is 0 Å². The molecule has 0 spiro atoms. The van der Waals surface area contributed by atoms with E-state index in [0.29, 0.717) is 21.5 Å². The topological polar surface area (TPSA) is 158 Å². The van der Waals surface area contributed by atoms with Crippen LogP contribution in [-0.4, -0.2) is 37.5 Å². The van der Waals surface area contributed by atoms with Crippen LogP contribution in [0.4, 0.5) is 8.78 Å². The van der Waals surface area contributed by atoms with Gasteiger partial charge in [-0.2, -0.15) is 0 Å². The molecule has 0 saturated carbocycles. The zero-order valence-electron chi connectivity index (χ0n) is 21.3. The van der Waals surface area contributed by atoms with Gasteiger partial charge >= 0.3 is 0 Å². The Kier molecular flexibility index (Phi) is 8.24. The van der Waals surface area contributed by atoms with E-state index >= 15 is 0 Å². The second-order valence-corrected chi connectivity index (χ2v) is 9.44. The van der Waals surface area contributed by atoms with E-state index < -0.39 is 5.41 Å². The van der Waals surface area contributed by atoms with Gasteiger partial charge in [-0.05, 0) is 46.9 Å². The monoisotopic (exact) mass is 531 g/mol. The van der Waals surface area contributed by atoms with Crippen molar-refractivity contribution in [3.8, 4) is 0 Å². The van der Waals surface area contributed by atoms with Crippen molar-refractivity contribution in [3.63, 3.8) is 0 Å². The highest BCUT2D eigenvalue weighted by Crippen LogP contribution is 2.35. The lowest BCUT2D eigenvalue weighted by Gasteiger charge is -2.32. The highest BCUT2D eigenvalue weighted by molar-refractivity contribution is 5.91. The number of guanidine groups is 2. The molecule has 4 aromatic carbocycles. The fraction of sp³-hybridized carbons (Fsp3) is 0.207. The van der Waals surface area contributed by atoms with Gasteiger partial charge in [-0.25, -0.2) is 8.78 Å². The Morgan fingerprint density at radius 2 is 1.15 bits per heavy atom. The van der Waals surface area contributed by atoms with Crippen LogP contribution < -0.4 is 28.3 Å². The van der Waals surface area contributed by atoms with Gasteiger partial charge in [0.15, 0.2) is 11.9 Å². The third-order valence-corrected chi connectivity index (χ3v) is 6.72. The lowest BCUT2D eigenvalue weighted by Crippen LogP contribution is -2.48. The molecule has 202 valence electrons. The number of hydrogen-bond acceptors (Lipinski definition) is 3. The summed E-state index contributed by atoms with van der Waals surface area (Å²) in [5.41, 5.74) is 22.5. The average molecular weight is 532 g/mol. The minimum absolute atomic E-state index is 0.0686. The van der Waals surface area contributed by atoms with Crippen LogP contribution in [0.5, 0.6) is 0 Å². The SMILES string of the molecule is NC(N)=NCCNC(=O)C(CN=C(N)N)(Cc1ccc(F)c2ccccc12)Cc1ccc(F)c2ccccc12. The molecule has 0 aliphatic rings. The van der Waals surface area contributed by atoms with E-state index in [1.54, 1.807) is 36.4 Å². The maximum Gasteiger partial charge on any atom is 0.228 e. The lowest BCUT2D eigenvalue weighted by atomic mass is 9.74. The smallest absolute Gasteiger partial charge is 0.228 e. The van der Waals surface area contributed by atoms with E-state index in [1.165, 1.54) is 12.1 Å². The van der Waals surface area contributed by atoms with E-state index in [-0.39, 0.29) is 61.9 Å². The van der Waals surface area contributed by atoms with Crippen LogP contribution >= 0.6 is 0 Å². The predicted molar refractivity (Wildman–Crippen MR) is 152 cm³/mol. The summed E-state index contributed by atoms with van der Waals surface area (Å²) < 4.78 is 29.3. The van der Waals surface area contributed by atoms with E-state index in [4.69, 9.17) is 22.9 Å². The average Bonchev–Trinajstić information content (AvgIpc) is 2.93. The summed E-state index contributed by atoms with van der Waals surface area (Å²) in [7, 11) is 0. The Morgan fingerprint density at radius 1 is 0.692 bits per heavy atom. The fourth-order valence-electron chi connectivity index (χ4n) is 4.88. The number of hydrogen-bond donors (Lipinski definition) is 5. The molecule has 0 radical (unpaired) electrons. The summed E-state index contributed by atoms with van der Waals surface area (Å²) in [4.78, 5) is 22.2. The van der Waals surface area contributed by atoms with Crippen LogP contribution in [0.25, 0.3) is 21.5 Å². The summed E-state index contributed by atoms with van der Waals surface area (Å²) in [6.45, 7) is 0.265. The predicted octanol–water partition coefficient (Wildman–Crippen LogP) is 2.71. The third-order valence-electron chi connectivity index (χ3n) is 6.72. The first-order chi connectivity index (χ1) is 18.7. The van der Waals surface area contributed by atoms with Gasteiger partial charge in [0, 0.05) is 17.3 Å². The molecule has 0 aliphatic heterocycles. The zero-order chi connectivity index (χ0) is 28.0. The minimum atomic E-state index is -1.23. The van der Waals surface area contributed by atoms with Crippen molar-refractivity contribution < 1.29 is 13.6 Å². The lowest BCUT2D eigenvalue weighted by molar-refractivity contribution is -0.130. The first-order valence-corrected chi connectivity index (χ1v) is 12.4. The Bertz CT molecular complexity index is 1470. The molecule has 4 aromatic rings. The van der Waals surface area contributed by atoms with Crippen molar-refractivity contribution in [2.75, 3.05) is 19.6 Å². The number of rotatable bonds is 10. The van der Waals surface area contributed by atoms with Crippen LogP contribution in [-0.2, 0) is 17.6 Å². The molecular formula is C29H31F2N7O. The van der Waals surface area contributed by atoms with Crippen molar-refractivity contribution in [3.05, 3.63) is 95.6 Å². The number of fused-ring (bicyclic) bond motifs is 2. The molecule has 0 aliphatic carbocycles. The molecule has 0 saturated heterocycles. The van der Waals surface area contributed by atoms with E-state index in [0.717, 1.165) is 11.1 Å². The fourth-order valence-corrected chi connectivity index (χ4v) is 4.88. The van der Waals surface area contributed by atoms with Crippen LogP contribution in [0, 0.1) is 17.0 Å². The Labute approximate surface area is 224 Å². The van der Waals surface area contributed by atoms with Gasteiger partial charge in [0.05, 0.1) is 18.5 Å². The van der Waals surface area contributed by atoms with Crippen LogP contribution in [0.3, 0.4) is 0 Å². The van der Waals surface area contributed by atoms with Gasteiger partial charge in [-0.15, -0.1) is 0 Å². The number of nitrogens with zero attached hydrogens (tertiary/aromatic N) is 2. The molecule has 0 fully saturated rings. The van der Waals surface area contributed by atoms with E-state index in [1.807, 2.05) is 24.3 Å². The molecule has 0 unspecified atom stereocenters. The molecule has 8 nitrogen and oxygen atoms in total. The second kappa shape index (κ2) is 11.8. The molecule has 9 N–H and O–H groups in total. The number of carbonyl (C=O) groups is 1. The normalized spacial score (nSPS) is 11.3. The molecule has 0 bridgehead atoms. The summed E-state index contributed by atoms with van der Waals surface area (Å²) >= 11 is 0. The van der Waals surface area contributed by atoms with Crippen molar-refractivity contribution >= 4 is 39.4 Å². The van der Waals surface area contributed by atoms with Gasteiger partial charge < -0.3 is 28.3 Å². The molecule has 0 heterocycles. The van der Waals surface area contributed by atoms with Crippen molar-refractivity contribution in [2.45, 2.75) is 12.8 Å². The maximum absolute atomic E-state index is 14.6. The standard InChI is InChI=1S/C29H31F2N7O/c30-24-11-9-18(20-5-1-3-7-22(20)24)15-29(17-38-28(34)35,26(39)36-13-14-37-27(32)33)16-19-10-12-25(31)23-8-4-2-6-21(19)23/h1-12H,13-17H2,(H,36,39)(H4,32,33,37)(H4,34,35,38). The molecule has 10 heteroatoms. The summed E-state index contributed by atoms with van der Waals surface area (Å²) in [5.74, 6) is -1.35. The quantitative estimate of drug-likeness (QED) is 0.121. The first kappa shape index (κ1) is 27.3. The number of nitrogens with two attached hydrogens (primary N) is 4. The molecule has 4 rings (SSSR count). The Balaban J connectivity index is 1.86. The largest absolute Gasteiger partial charge is 0.370 e. The first-order valence-electron chi connectivity index (χ1n) is 12.4. The van der Waals surface area contributed by atoms with Gasteiger partial charge in [0.1, 0.15) is 11.6 Å². The van der Waals surface area contributed by atoms with Crippen LogP contribution in [0.1, 0.15) is 11.1 Å². The van der Waals surface area contributed by atoms with Crippen molar-refractivity contribution in [1.29, 1.82) is 0 Å². The summed E-state index contributed by atoms with van der Waals surface area (Å²) in [6.07, 6.45) is 0.342. The summed E-state index contributed by atoms with van der Waals surface area (Å²) in [5, 5.41) is 5.12. The van der Waals surface area contributed by atoms with E-state index in [2.05, 4.69) is 15.3 Å². The van der Waals surface area contributed by atoms with Gasteiger partial charge in [0.2, 0.25) is 5.91 Å². The van der Waals surface area contributed by atoms with Crippen molar-refractivity contribution in [1.82, 2.24) is 5.32 Å². The molecule has 39 heavy (non-hydrogen) atoms. The summed E-state index contributed by atoms with van der Waals surface area (Å²) in [6, 6.07) is 20.2. The van der Waals surface area contributed by atoms with Crippen molar-refractivity contribution in [2.24, 2.45) is 38.3 Å². The van der Waals surface area contributed by atoms with Crippen LogP contribution in [0.15, 0.2) is 82.8 Å². The highest BCUT2D eigenvalue weighted by Gasteiger charge is 2.40. The molecule has 0 aromatic heterocycles. The number of aliphatic imine (C=N–C) groups is 2. The Morgan fingerprint density at radius 3 is 1.62 bits per heavy atom. The van der Waals surface area contributed by atoms with Gasteiger partial charge in [-0.3, -0.25) is 14.8 Å². The minimum Gasteiger partial charge on any atom is -0.370 e. The van der Waals surface area contributed by atoms with Gasteiger partial charge in [-0.1, -0.05) is 60.7 Å². The third kappa shape index (κ3) is 6.23. The maximum atomic E-state index is 14.6. The number of amides is 1. The molecular weight excluding hydrogens is 500 g/mol. The molecule has 0 atom stereocenters. The number of nitrogens with one attached hydrogen (secondary N) is 1. The number of halogens is 2. The van der Waals surface area contributed by atoms with E-state index in [9.17, 15) is 13.6 Å². The highest BCUT2D eigenvalue weighted by atomic mass is 19.1. The Hall–Kier alpha value is -4.73. The number of carbonyl (C=O) groups excluding carboxylic acids is 1. The van der Waals surface area contributed by atoms with Crippen LogP contribution in [0.2, 0.25) is 0 Å².